The number of carbonyl (C=O) groups is 2. The Bertz CT molecular complexity index is 638. The molecule has 1 aliphatic rings. The minimum absolute atomic E-state index is 0.207. The summed E-state index contributed by atoms with van der Waals surface area (Å²) in [5.74, 6) is -0.881. The van der Waals surface area contributed by atoms with Gasteiger partial charge in [0.15, 0.2) is 0 Å². The third kappa shape index (κ3) is 5.24. The summed E-state index contributed by atoms with van der Waals surface area (Å²) >= 11 is 0. The fraction of sp³-hybridized carbons (Fsp3) is 0.333. The van der Waals surface area contributed by atoms with Crippen LogP contribution in [0.1, 0.15) is 12.0 Å². The van der Waals surface area contributed by atoms with Crippen LogP contribution >= 0.6 is 0 Å². The van der Waals surface area contributed by atoms with Crippen LogP contribution in [0, 0.1) is 0 Å². The number of hydrogen-bond acceptors (Lipinski definition) is 6. The van der Waals surface area contributed by atoms with Crippen molar-refractivity contribution in [3.05, 3.63) is 59.4 Å². The molecule has 1 heterocycles. The van der Waals surface area contributed by atoms with Crippen molar-refractivity contribution in [1.29, 1.82) is 0 Å². The molecule has 1 aromatic carbocycles. The number of nitrogens with one attached hydrogen (secondary N) is 1. The average molecular weight is 330 g/mol. The van der Waals surface area contributed by atoms with Gasteiger partial charge in [-0.05, 0) is 12.6 Å². The van der Waals surface area contributed by atoms with Gasteiger partial charge in [0.1, 0.15) is 6.61 Å². The molecule has 0 saturated heterocycles. The van der Waals surface area contributed by atoms with Gasteiger partial charge in [0.25, 0.3) is 0 Å². The zero-order valence-electron chi connectivity index (χ0n) is 14.0. The van der Waals surface area contributed by atoms with Gasteiger partial charge in [0.05, 0.1) is 18.3 Å². The van der Waals surface area contributed by atoms with Crippen molar-refractivity contribution in [3.63, 3.8) is 0 Å². The number of likely N-dealkylation sites (N-methyl/N-ethyl adjacent to an activating group) is 1. The Morgan fingerprint density at radius 1 is 1.12 bits per heavy atom. The van der Waals surface area contributed by atoms with Crippen molar-refractivity contribution in [2.45, 2.75) is 13.0 Å². The van der Waals surface area contributed by atoms with E-state index in [1.165, 1.54) is 18.9 Å². The zero-order chi connectivity index (χ0) is 17.4. The molecule has 6 heteroatoms. The van der Waals surface area contributed by atoms with Crippen LogP contribution in [0.15, 0.2) is 53.9 Å². The third-order valence-corrected chi connectivity index (χ3v) is 3.61. The normalized spacial score (nSPS) is 13.6. The van der Waals surface area contributed by atoms with Crippen molar-refractivity contribution in [2.75, 3.05) is 27.3 Å². The number of nitrogens with zero attached hydrogens (tertiary/aromatic N) is 1. The van der Waals surface area contributed by atoms with E-state index < -0.39 is 11.9 Å². The van der Waals surface area contributed by atoms with E-state index in [4.69, 9.17) is 4.74 Å². The number of methoxy groups -OCH3 is 1. The molecule has 0 amide bonds. The molecule has 0 aliphatic carbocycles. The van der Waals surface area contributed by atoms with Gasteiger partial charge in [-0.15, -0.1) is 0 Å². The van der Waals surface area contributed by atoms with Gasteiger partial charge in [-0.3, -0.25) is 4.90 Å². The molecule has 24 heavy (non-hydrogen) atoms. The van der Waals surface area contributed by atoms with Gasteiger partial charge >= 0.3 is 11.9 Å². The van der Waals surface area contributed by atoms with Crippen LogP contribution in [0.25, 0.3) is 0 Å². The van der Waals surface area contributed by atoms with Crippen LogP contribution in [0.3, 0.4) is 0 Å². The summed E-state index contributed by atoms with van der Waals surface area (Å²) in [6, 6.07) is 10.1. The molecule has 0 saturated carbocycles. The Labute approximate surface area is 141 Å². The lowest BCUT2D eigenvalue weighted by Gasteiger charge is -2.18. The predicted octanol–water partition coefficient (Wildman–Crippen LogP) is 1.60. The van der Waals surface area contributed by atoms with Crippen molar-refractivity contribution < 1.29 is 19.1 Å². The summed E-state index contributed by atoms with van der Waals surface area (Å²) in [6.45, 7) is 1.70. The van der Waals surface area contributed by atoms with E-state index in [1.807, 2.05) is 25.2 Å². The molecule has 0 unspecified atom stereocenters. The SMILES string of the molecule is COC(=O)C1=CNC=C(C(=O)OCCN(C)Cc2ccccc2)C1. The molecule has 0 atom stereocenters. The first-order chi connectivity index (χ1) is 11.6. The highest BCUT2D eigenvalue weighted by atomic mass is 16.5. The van der Waals surface area contributed by atoms with E-state index >= 15 is 0 Å². The molecule has 128 valence electrons. The number of carbonyl (C=O) groups excluding carboxylic acids is 2. The van der Waals surface area contributed by atoms with E-state index in [0.717, 1.165) is 6.54 Å². The summed E-state index contributed by atoms with van der Waals surface area (Å²) in [5, 5.41) is 2.78. The average Bonchev–Trinajstić information content (AvgIpc) is 2.61. The first kappa shape index (κ1) is 17.7. The van der Waals surface area contributed by atoms with E-state index in [1.54, 1.807) is 6.20 Å². The van der Waals surface area contributed by atoms with Crippen molar-refractivity contribution in [3.8, 4) is 0 Å². The maximum Gasteiger partial charge on any atom is 0.335 e. The predicted molar refractivity (Wildman–Crippen MR) is 89.7 cm³/mol. The molecule has 0 bridgehead atoms. The van der Waals surface area contributed by atoms with E-state index in [-0.39, 0.29) is 13.0 Å². The van der Waals surface area contributed by atoms with Gasteiger partial charge in [-0.1, -0.05) is 30.3 Å². The van der Waals surface area contributed by atoms with Crippen molar-refractivity contribution in [2.24, 2.45) is 0 Å². The van der Waals surface area contributed by atoms with Gasteiger partial charge in [-0.2, -0.15) is 0 Å². The fourth-order valence-electron chi connectivity index (χ4n) is 2.30. The summed E-state index contributed by atoms with van der Waals surface area (Å²) in [4.78, 5) is 25.6. The topological polar surface area (TPSA) is 67.9 Å². The molecule has 0 fully saturated rings. The number of dihydropyridines is 1. The van der Waals surface area contributed by atoms with Crippen LogP contribution in [0.2, 0.25) is 0 Å². The summed E-state index contributed by atoms with van der Waals surface area (Å²) in [6.07, 6.45) is 3.27. The quantitative estimate of drug-likeness (QED) is 0.766. The van der Waals surface area contributed by atoms with Crippen LogP contribution in [0.4, 0.5) is 0 Å². The van der Waals surface area contributed by atoms with Crippen LogP contribution in [-0.2, 0) is 25.6 Å². The molecule has 6 nitrogen and oxygen atoms in total. The maximum absolute atomic E-state index is 12.1. The largest absolute Gasteiger partial charge is 0.466 e. The first-order valence-electron chi connectivity index (χ1n) is 7.72. The second-order valence-corrected chi connectivity index (χ2v) is 5.53. The summed E-state index contributed by atoms with van der Waals surface area (Å²) in [7, 11) is 3.28. The smallest absolute Gasteiger partial charge is 0.335 e. The fourth-order valence-corrected chi connectivity index (χ4v) is 2.30. The Hall–Kier alpha value is -2.60. The molecule has 0 radical (unpaired) electrons. The highest BCUT2D eigenvalue weighted by molar-refractivity contribution is 5.95. The Kier molecular flexibility index (Phi) is 6.57. The van der Waals surface area contributed by atoms with E-state index in [9.17, 15) is 9.59 Å². The van der Waals surface area contributed by atoms with Gasteiger partial charge in [-0.25, -0.2) is 9.59 Å². The van der Waals surface area contributed by atoms with Crippen LogP contribution < -0.4 is 5.32 Å². The Morgan fingerprint density at radius 2 is 1.79 bits per heavy atom. The number of esters is 2. The first-order valence-corrected chi connectivity index (χ1v) is 7.72. The zero-order valence-corrected chi connectivity index (χ0v) is 14.0. The second-order valence-electron chi connectivity index (χ2n) is 5.53. The number of ether oxygens (including phenoxy) is 2. The van der Waals surface area contributed by atoms with Gasteiger partial charge in [0.2, 0.25) is 0 Å². The van der Waals surface area contributed by atoms with Crippen LogP contribution in [0.5, 0.6) is 0 Å². The second kappa shape index (κ2) is 8.88. The summed E-state index contributed by atoms with van der Waals surface area (Å²) in [5.41, 5.74) is 2.01. The molecular formula is C18H22N2O4. The lowest BCUT2D eigenvalue weighted by atomic mass is 10.1. The number of benzene rings is 1. The number of rotatable bonds is 7. The monoisotopic (exact) mass is 330 g/mol. The lowest BCUT2D eigenvalue weighted by molar-refractivity contribution is -0.139. The molecule has 0 aromatic heterocycles. The third-order valence-electron chi connectivity index (χ3n) is 3.61. The van der Waals surface area contributed by atoms with Crippen LogP contribution in [-0.4, -0.2) is 44.1 Å². The number of hydrogen-bond donors (Lipinski definition) is 1. The maximum atomic E-state index is 12.1. The lowest BCUT2D eigenvalue weighted by Crippen LogP contribution is -2.25. The standard InChI is InChI=1S/C18H22N2O4/c1-20(13-14-6-4-3-5-7-14)8-9-24-18(22)16-10-15(11-19-12-16)17(21)23-2/h3-7,11-12,19H,8-10,13H2,1-2H3. The highest BCUT2D eigenvalue weighted by Gasteiger charge is 2.20. The Balaban J connectivity index is 1.73. The molecule has 1 N–H and O–H groups in total. The van der Waals surface area contributed by atoms with E-state index in [2.05, 4.69) is 27.1 Å². The van der Waals surface area contributed by atoms with Crippen molar-refractivity contribution >= 4 is 11.9 Å². The van der Waals surface area contributed by atoms with Crippen molar-refractivity contribution in [1.82, 2.24) is 10.2 Å². The molecule has 1 aliphatic heterocycles. The highest BCUT2D eigenvalue weighted by Crippen LogP contribution is 2.16. The summed E-state index contributed by atoms with van der Waals surface area (Å²) < 4.78 is 9.94. The molecular weight excluding hydrogens is 308 g/mol. The molecule has 2 rings (SSSR count). The van der Waals surface area contributed by atoms with Gasteiger partial charge < -0.3 is 14.8 Å². The minimum atomic E-state index is -0.455. The molecule has 1 aromatic rings. The molecule has 0 spiro atoms. The van der Waals surface area contributed by atoms with Gasteiger partial charge in [0, 0.05) is 31.9 Å². The van der Waals surface area contributed by atoms with E-state index in [0.29, 0.717) is 17.7 Å². The minimum Gasteiger partial charge on any atom is -0.466 e. The Morgan fingerprint density at radius 3 is 2.46 bits per heavy atom.